The molecule has 0 fully saturated rings. The number of pyridine rings is 1. The van der Waals surface area contributed by atoms with Gasteiger partial charge in [-0.25, -0.2) is 0 Å². The van der Waals surface area contributed by atoms with Gasteiger partial charge < -0.3 is 26.0 Å². The van der Waals surface area contributed by atoms with Gasteiger partial charge in [0.15, 0.2) is 0 Å². The number of hydrogen-bond donors (Lipinski definition) is 4. The summed E-state index contributed by atoms with van der Waals surface area (Å²) in [5.41, 5.74) is 2.00. The lowest BCUT2D eigenvalue weighted by atomic mass is 10.1. The van der Waals surface area contributed by atoms with E-state index in [0.29, 0.717) is 16.9 Å². The van der Waals surface area contributed by atoms with E-state index >= 15 is 0 Å². The van der Waals surface area contributed by atoms with Crippen molar-refractivity contribution in [3.8, 4) is 11.4 Å². The van der Waals surface area contributed by atoms with Gasteiger partial charge in [-0.3, -0.25) is 28.5 Å². The number of hydrogen-bond acceptors (Lipinski definition) is 6. The van der Waals surface area contributed by atoms with Crippen LogP contribution < -0.4 is 31.6 Å². The van der Waals surface area contributed by atoms with Crippen LogP contribution in [0.25, 0.3) is 5.69 Å². The van der Waals surface area contributed by atoms with Gasteiger partial charge in [0.05, 0.1) is 24.2 Å². The Morgan fingerprint density at radius 1 is 0.683 bits per heavy atom. The van der Waals surface area contributed by atoms with E-state index in [0.717, 1.165) is 0 Å². The van der Waals surface area contributed by atoms with Crippen molar-refractivity contribution < 1.29 is 23.9 Å². The average molecular weight is 554 g/mol. The van der Waals surface area contributed by atoms with Gasteiger partial charge in [0.25, 0.3) is 23.3 Å². The van der Waals surface area contributed by atoms with Crippen molar-refractivity contribution in [2.24, 2.45) is 0 Å². The molecule has 3 aromatic carbocycles. The number of anilines is 3. The molecule has 4 aromatic rings. The molecule has 4 amide bonds. The number of benzene rings is 3. The number of nitrogens with one attached hydrogen (secondary N) is 4. The van der Waals surface area contributed by atoms with E-state index < -0.39 is 11.8 Å². The van der Waals surface area contributed by atoms with E-state index in [2.05, 4.69) is 21.3 Å². The van der Waals surface area contributed by atoms with E-state index in [1.165, 1.54) is 68.1 Å². The van der Waals surface area contributed by atoms with Crippen LogP contribution in [0.4, 0.5) is 17.1 Å². The maximum absolute atomic E-state index is 13.2. The molecule has 4 rings (SSSR count). The molecule has 41 heavy (non-hydrogen) atoms. The fourth-order valence-electron chi connectivity index (χ4n) is 3.97. The third kappa shape index (κ3) is 6.66. The molecule has 11 heteroatoms. The Hall–Kier alpha value is -5.71. The topological polar surface area (TPSA) is 148 Å². The Bertz CT molecular complexity index is 1690. The predicted molar refractivity (Wildman–Crippen MR) is 155 cm³/mol. The predicted octanol–water partition coefficient (Wildman–Crippen LogP) is 3.67. The smallest absolute Gasteiger partial charge is 0.255 e. The molecule has 0 saturated heterocycles. The molecule has 0 spiro atoms. The number of ether oxygens (including phenoxy) is 1. The van der Waals surface area contributed by atoms with E-state index in [4.69, 9.17) is 4.74 Å². The van der Waals surface area contributed by atoms with Gasteiger partial charge in [-0.2, -0.15) is 0 Å². The summed E-state index contributed by atoms with van der Waals surface area (Å²) in [6, 6.07) is 20.2. The second-order valence-electron chi connectivity index (χ2n) is 8.80. The SMILES string of the molecule is CNC(=O)c1ccc(NC(=O)c2ccc(-n3ccccc3=O)cc2)c(NC(=O)c2ccc(NC(C)=O)c(OC)c2)c1. The lowest BCUT2D eigenvalue weighted by Gasteiger charge is -2.15. The van der Waals surface area contributed by atoms with Gasteiger partial charge in [0.1, 0.15) is 5.75 Å². The van der Waals surface area contributed by atoms with Crippen molar-refractivity contribution in [3.63, 3.8) is 0 Å². The molecule has 1 aromatic heterocycles. The van der Waals surface area contributed by atoms with Crippen LogP contribution in [0, 0.1) is 0 Å². The summed E-state index contributed by atoms with van der Waals surface area (Å²) in [7, 11) is 2.89. The molecule has 11 nitrogen and oxygen atoms in total. The van der Waals surface area contributed by atoms with Crippen molar-refractivity contribution in [2.45, 2.75) is 6.92 Å². The Labute approximate surface area is 235 Å². The van der Waals surface area contributed by atoms with Crippen LogP contribution in [0.1, 0.15) is 38.0 Å². The Morgan fingerprint density at radius 2 is 1.29 bits per heavy atom. The van der Waals surface area contributed by atoms with Crippen LogP contribution >= 0.6 is 0 Å². The third-order valence-electron chi connectivity index (χ3n) is 6.01. The molecule has 4 N–H and O–H groups in total. The number of aromatic nitrogens is 1. The highest BCUT2D eigenvalue weighted by molar-refractivity contribution is 6.11. The molecule has 0 aliphatic heterocycles. The second kappa shape index (κ2) is 12.4. The Morgan fingerprint density at radius 3 is 1.93 bits per heavy atom. The molecule has 0 saturated carbocycles. The summed E-state index contributed by atoms with van der Waals surface area (Å²) in [6.45, 7) is 1.36. The number of nitrogens with zero attached hydrogens (tertiary/aromatic N) is 1. The quantitative estimate of drug-likeness (QED) is 0.262. The maximum atomic E-state index is 13.2. The van der Waals surface area contributed by atoms with Crippen molar-refractivity contribution in [1.29, 1.82) is 0 Å². The minimum absolute atomic E-state index is 0.182. The summed E-state index contributed by atoms with van der Waals surface area (Å²) < 4.78 is 6.75. The number of rotatable bonds is 8. The van der Waals surface area contributed by atoms with Crippen LogP contribution in [0.15, 0.2) is 89.9 Å². The van der Waals surface area contributed by atoms with E-state index in [-0.39, 0.29) is 45.6 Å². The molecule has 0 aliphatic rings. The summed E-state index contributed by atoms with van der Waals surface area (Å²) in [5, 5.41) is 10.7. The highest BCUT2D eigenvalue weighted by Gasteiger charge is 2.17. The van der Waals surface area contributed by atoms with Crippen molar-refractivity contribution in [2.75, 3.05) is 30.1 Å². The molecule has 208 valence electrons. The molecule has 1 heterocycles. The normalized spacial score (nSPS) is 10.3. The Balaban J connectivity index is 1.60. The fourth-order valence-corrected chi connectivity index (χ4v) is 3.97. The first-order valence-corrected chi connectivity index (χ1v) is 12.4. The first-order valence-electron chi connectivity index (χ1n) is 12.4. The van der Waals surface area contributed by atoms with Crippen LogP contribution in [-0.4, -0.2) is 42.4 Å². The Kier molecular flexibility index (Phi) is 8.58. The van der Waals surface area contributed by atoms with Crippen LogP contribution in [0.3, 0.4) is 0 Å². The van der Waals surface area contributed by atoms with Crippen molar-refractivity contribution in [1.82, 2.24) is 9.88 Å². The summed E-state index contributed by atoms with van der Waals surface area (Å²) in [6.07, 6.45) is 1.63. The van der Waals surface area contributed by atoms with Crippen LogP contribution in [0.5, 0.6) is 5.75 Å². The first-order chi connectivity index (χ1) is 19.7. The zero-order valence-electron chi connectivity index (χ0n) is 22.5. The highest BCUT2D eigenvalue weighted by Crippen LogP contribution is 2.28. The average Bonchev–Trinajstić information content (AvgIpc) is 2.97. The zero-order valence-corrected chi connectivity index (χ0v) is 22.5. The first kappa shape index (κ1) is 28.3. The number of carbonyl (C=O) groups is 4. The monoisotopic (exact) mass is 553 g/mol. The zero-order chi connectivity index (χ0) is 29.5. The molecular formula is C30H27N5O6. The van der Waals surface area contributed by atoms with E-state index in [9.17, 15) is 24.0 Å². The van der Waals surface area contributed by atoms with Crippen LogP contribution in [-0.2, 0) is 4.79 Å². The molecule has 0 radical (unpaired) electrons. The number of amides is 4. The summed E-state index contributed by atoms with van der Waals surface area (Å²) in [4.78, 5) is 62.1. The van der Waals surface area contributed by atoms with E-state index in [1.54, 1.807) is 42.6 Å². The fraction of sp³-hybridized carbons (Fsp3) is 0.100. The van der Waals surface area contributed by atoms with Crippen molar-refractivity contribution in [3.05, 3.63) is 112 Å². The minimum Gasteiger partial charge on any atom is -0.495 e. The minimum atomic E-state index is -0.542. The molecular weight excluding hydrogens is 526 g/mol. The van der Waals surface area contributed by atoms with Crippen LogP contribution in [0.2, 0.25) is 0 Å². The molecule has 0 atom stereocenters. The van der Waals surface area contributed by atoms with Gasteiger partial charge in [-0.05, 0) is 66.7 Å². The van der Waals surface area contributed by atoms with Gasteiger partial charge in [0.2, 0.25) is 5.91 Å². The standard InChI is InChI=1S/C30H27N5O6/c1-18(36)32-24-14-10-21(17-26(24)41-3)30(40)34-25-16-20(28(38)31-2)9-13-23(25)33-29(39)19-7-11-22(12-8-19)35-15-5-4-6-27(35)37/h4-17H,1-3H3,(H,31,38)(H,32,36)(H,33,39)(H,34,40). The van der Waals surface area contributed by atoms with Gasteiger partial charge >= 0.3 is 0 Å². The summed E-state index contributed by atoms with van der Waals surface area (Å²) in [5.74, 6) is -1.41. The molecule has 0 unspecified atom stereocenters. The highest BCUT2D eigenvalue weighted by atomic mass is 16.5. The third-order valence-corrected chi connectivity index (χ3v) is 6.01. The lowest BCUT2D eigenvalue weighted by molar-refractivity contribution is -0.114. The molecule has 0 aliphatic carbocycles. The van der Waals surface area contributed by atoms with Gasteiger partial charge in [-0.15, -0.1) is 0 Å². The summed E-state index contributed by atoms with van der Waals surface area (Å²) >= 11 is 0. The van der Waals surface area contributed by atoms with Gasteiger partial charge in [-0.1, -0.05) is 6.07 Å². The van der Waals surface area contributed by atoms with Gasteiger partial charge in [0, 0.05) is 48.6 Å². The molecule has 0 bridgehead atoms. The number of methoxy groups -OCH3 is 1. The maximum Gasteiger partial charge on any atom is 0.255 e. The second-order valence-corrected chi connectivity index (χ2v) is 8.80. The van der Waals surface area contributed by atoms with Crippen molar-refractivity contribution >= 4 is 40.7 Å². The lowest BCUT2D eigenvalue weighted by Crippen LogP contribution is -2.20. The number of carbonyl (C=O) groups excluding carboxylic acids is 4. The van der Waals surface area contributed by atoms with E-state index in [1.807, 2.05) is 0 Å². The largest absolute Gasteiger partial charge is 0.495 e.